The van der Waals surface area contributed by atoms with E-state index in [1.54, 1.807) is 30.3 Å². The minimum atomic E-state index is -3.96. The van der Waals surface area contributed by atoms with Crippen LogP contribution < -0.4 is 10.3 Å². The van der Waals surface area contributed by atoms with Gasteiger partial charge in [0.25, 0.3) is 11.5 Å². The molecular weight excluding hydrogens is 542 g/mol. The van der Waals surface area contributed by atoms with Gasteiger partial charge in [-0.3, -0.25) is 14.6 Å². The molecule has 0 bridgehead atoms. The van der Waals surface area contributed by atoms with Crippen LogP contribution in [0.15, 0.2) is 65.7 Å². The molecule has 0 aliphatic heterocycles. The highest BCUT2D eigenvalue weighted by Crippen LogP contribution is 2.37. The molecule has 0 fully saturated rings. The summed E-state index contributed by atoms with van der Waals surface area (Å²) in [6, 6.07) is 12.3. The van der Waals surface area contributed by atoms with Crippen LogP contribution in [-0.2, 0) is 16.6 Å². The smallest absolute Gasteiger partial charge is 0.282 e. The minimum Gasteiger partial charge on any atom is -0.331 e. The standard InChI is InChI=1S/C25H17Cl2FN4O4S/c1-37(35,36)31-25(34)23-20(15-5-3-9-29-24(15)33)17-10-14(26)7-8-19(17)32(23)12-13-11-30-22-16(21(13)27)4-2-6-18(22)28/h2-11H,12H2,1H3,(H,29,33)(H,31,34). The molecule has 0 saturated heterocycles. The molecule has 2 N–H and O–H groups in total. The fraction of sp³-hybridized carbons (Fsp3) is 0.0800. The van der Waals surface area contributed by atoms with Gasteiger partial charge in [0, 0.05) is 50.4 Å². The second kappa shape index (κ2) is 9.29. The predicted octanol–water partition coefficient (Wildman–Crippen LogP) is 4.73. The molecule has 8 nitrogen and oxygen atoms in total. The number of benzene rings is 2. The number of hydrogen-bond donors (Lipinski definition) is 2. The lowest BCUT2D eigenvalue weighted by Gasteiger charge is -2.14. The number of fused-ring (bicyclic) bond motifs is 2. The molecule has 0 saturated carbocycles. The molecule has 12 heteroatoms. The summed E-state index contributed by atoms with van der Waals surface area (Å²) in [4.78, 5) is 33.0. The largest absolute Gasteiger partial charge is 0.331 e. The fourth-order valence-corrected chi connectivity index (χ4v) is 5.18. The zero-order valence-corrected chi connectivity index (χ0v) is 21.4. The summed E-state index contributed by atoms with van der Waals surface area (Å²) in [6.07, 6.45) is 3.68. The van der Waals surface area contributed by atoms with E-state index in [0.29, 0.717) is 26.9 Å². The van der Waals surface area contributed by atoms with E-state index in [1.807, 2.05) is 4.72 Å². The average Bonchev–Trinajstić information content (AvgIpc) is 3.13. The van der Waals surface area contributed by atoms with Crippen LogP contribution in [0, 0.1) is 5.82 Å². The van der Waals surface area contributed by atoms with Crippen molar-refractivity contribution >= 4 is 60.9 Å². The number of carbonyl (C=O) groups excluding carboxylic acids is 1. The van der Waals surface area contributed by atoms with Gasteiger partial charge in [-0.1, -0.05) is 35.3 Å². The predicted molar refractivity (Wildman–Crippen MR) is 141 cm³/mol. The van der Waals surface area contributed by atoms with Crippen molar-refractivity contribution in [1.82, 2.24) is 19.3 Å². The first-order chi connectivity index (χ1) is 17.5. The van der Waals surface area contributed by atoms with Crippen LogP contribution in [-0.4, -0.2) is 35.1 Å². The zero-order valence-electron chi connectivity index (χ0n) is 19.1. The quantitative estimate of drug-likeness (QED) is 0.323. The maximum atomic E-state index is 14.2. The molecule has 0 unspecified atom stereocenters. The van der Waals surface area contributed by atoms with Crippen molar-refractivity contribution in [1.29, 1.82) is 0 Å². The Labute approximate surface area is 219 Å². The second-order valence-electron chi connectivity index (χ2n) is 8.32. The molecule has 188 valence electrons. The first-order valence-electron chi connectivity index (χ1n) is 10.8. The molecule has 0 aliphatic carbocycles. The molecule has 0 aliphatic rings. The summed E-state index contributed by atoms with van der Waals surface area (Å²) in [7, 11) is -3.96. The Balaban J connectivity index is 1.84. The third-order valence-corrected chi connectivity index (χ3v) is 7.03. The van der Waals surface area contributed by atoms with E-state index in [9.17, 15) is 22.4 Å². The first kappa shape index (κ1) is 24.9. The molecule has 3 aromatic heterocycles. The van der Waals surface area contributed by atoms with Crippen LogP contribution >= 0.6 is 23.2 Å². The van der Waals surface area contributed by atoms with Crippen LogP contribution in [0.2, 0.25) is 10.0 Å². The van der Waals surface area contributed by atoms with Crippen LogP contribution in [0.5, 0.6) is 0 Å². The van der Waals surface area contributed by atoms with E-state index in [0.717, 1.165) is 6.26 Å². The molecule has 0 radical (unpaired) electrons. The van der Waals surface area contributed by atoms with E-state index >= 15 is 0 Å². The van der Waals surface area contributed by atoms with E-state index in [1.165, 1.54) is 35.2 Å². The number of nitrogens with zero attached hydrogens (tertiary/aromatic N) is 2. The lowest BCUT2D eigenvalue weighted by atomic mass is 10.0. The van der Waals surface area contributed by atoms with Gasteiger partial charge in [0.05, 0.1) is 17.8 Å². The Bertz CT molecular complexity index is 1900. The Morgan fingerprint density at radius 2 is 1.92 bits per heavy atom. The number of amides is 1. The number of hydrogen-bond acceptors (Lipinski definition) is 5. The average molecular weight is 559 g/mol. The summed E-state index contributed by atoms with van der Waals surface area (Å²) in [6.45, 7) is -0.0479. The number of sulfonamides is 1. The third-order valence-electron chi connectivity index (χ3n) is 5.79. The molecule has 3 heterocycles. The topological polar surface area (TPSA) is 114 Å². The van der Waals surface area contributed by atoms with Crippen LogP contribution in [0.1, 0.15) is 16.1 Å². The number of para-hydroxylation sites is 1. The van der Waals surface area contributed by atoms with E-state index in [2.05, 4.69) is 9.97 Å². The van der Waals surface area contributed by atoms with Crippen molar-refractivity contribution in [2.24, 2.45) is 0 Å². The normalized spacial score (nSPS) is 11.8. The van der Waals surface area contributed by atoms with E-state index in [4.69, 9.17) is 23.2 Å². The van der Waals surface area contributed by atoms with Gasteiger partial charge in [-0.2, -0.15) is 0 Å². The molecule has 5 aromatic rings. The first-order valence-corrected chi connectivity index (χ1v) is 13.4. The Kier molecular flexibility index (Phi) is 6.26. The van der Waals surface area contributed by atoms with Gasteiger partial charge in [0.1, 0.15) is 17.0 Å². The molecule has 2 aromatic carbocycles. The van der Waals surface area contributed by atoms with E-state index in [-0.39, 0.29) is 33.9 Å². The second-order valence-corrected chi connectivity index (χ2v) is 10.9. The molecule has 1 amide bonds. The minimum absolute atomic E-state index is 0.0479. The SMILES string of the molecule is CS(=O)(=O)NC(=O)c1c(-c2ccc[nH]c2=O)c2cc(Cl)ccc2n1Cc1cnc2c(F)cccc2c1Cl. The number of halogens is 3. The van der Waals surface area contributed by atoms with Crippen molar-refractivity contribution in [3.8, 4) is 11.1 Å². The molecule has 0 atom stereocenters. The monoisotopic (exact) mass is 558 g/mol. The number of H-pyrrole nitrogens is 1. The number of aromatic amines is 1. The van der Waals surface area contributed by atoms with Crippen molar-refractivity contribution in [3.63, 3.8) is 0 Å². The van der Waals surface area contributed by atoms with Gasteiger partial charge in [0.2, 0.25) is 10.0 Å². The molecule has 5 rings (SSSR count). The van der Waals surface area contributed by atoms with E-state index < -0.39 is 27.3 Å². The van der Waals surface area contributed by atoms with Crippen molar-refractivity contribution in [2.75, 3.05) is 6.26 Å². The van der Waals surface area contributed by atoms with Gasteiger partial charge in [-0.25, -0.2) is 17.5 Å². The summed E-state index contributed by atoms with van der Waals surface area (Å²) >= 11 is 12.9. The van der Waals surface area contributed by atoms with Crippen LogP contribution in [0.25, 0.3) is 32.9 Å². The number of rotatable bonds is 5. The number of aromatic nitrogens is 3. The Morgan fingerprint density at radius 3 is 2.65 bits per heavy atom. The van der Waals surface area contributed by atoms with Gasteiger partial charge < -0.3 is 9.55 Å². The highest BCUT2D eigenvalue weighted by molar-refractivity contribution is 7.89. The van der Waals surface area contributed by atoms with Gasteiger partial charge in [-0.15, -0.1) is 0 Å². The molecule has 0 spiro atoms. The summed E-state index contributed by atoms with van der Waals surface area (Å²) in [5, 5.41) is 1.38. The number of carbonyl (C=O) groups is 1. The van der Waals surface area contributed by atoms with Gasteiger partial charge in [0.15, 0.2) is 0 Å². The van der Waals surface area contributed by atoms with Gasteiger partial charge in [-0.05, 0) is 36.4 Å². The van der Waals surface area contributed by atoms with Crippen molar-refractivity contribution in [3.05, 3.63) is 98.4 Å². The lowest BCUT2D eigenvalue weighted by molar-refractivity contribution is 0.0974. The zero-order chi connectivity index (χ0) is 26.5. The maximum absolute atomic E-state index is 14.2. The van der Waals surface area contributed by atoms with Gasteiger partial charge >= 0.3 is 0 Å². The highest BCUT2D eigenvalue weighted by atomic mass is 35.5. The number of pyridine rings is 2. The van der Waals surface area contributed by atoms with Crippen molar-refractivity contribution < 1.29 is 17.6 Å². The Hall–Kier alpha value is -3.73. The molecular formula is C25H17Cl2FN4O4S. The lowest BCUT2D eigenvalue weighted by Crippen LogP contribution is -2.32. The van der Waals surface area contributed by atoms with Crippen molar-refractivity contribution in [2.45, 2.75) is 6.54 Å². The summed E-state index contributed by atoms with van der Waals surface area (Å²) in [5.41, 5.74) is 0.746. The Morgan fingerprint density at radius 1 is 1.14 bits per heavy atom. The molecule has 37 heavy (non-hydrogen) atoms. The summed E-state index contributed by atoms with van der Waals surface area (Å²) in [5.74, 6) is -1.49. The number of nitrogens with one attached hydrogen (secondary N) is 2. The highest BCUT2D eigenvalue weighted by Gasteiger charge is 2.28. The third kappa shape index (κ3) is 4.59. The van der Waals surface area contributed by atoms with Crippen LogP contribution in [0.3, 0.4) is 0 Å². The summed E-state index contributed by atoms with van der Waals surface area (Å²) < 4.78 is 41.8. The fourth-order valence-electron chi connectivity index (χ4n) is 4.31. The maximum Gasteiger partial charge on any atom is 0.282 e. The van der Waals surface area contributed by atoms with Crippen LogP contribution in [0.4, 0.5) is 4.39 Å².